The smallest absolute Gasteiger partial charge is 0.435 e. The van der Waals surface area contributed by atoms with Crippen LogP contribution in [-0.2, 0) is 15.7 Å². The first-order valence-corrected chi connectivity index (χ1v) is 6.18. The number of aromatic nitrogens is 2. The maximum atomic E-state index is 12.8. The van der Waals surface area contributed by atoms with Crippen LogP contribution in [0.4, 0.5) is 13.2 Å². The molecule has 0 aromatic carbocycles. The number of alkyl halides is 3. The van der Waals surface area contributed by atoms with Gasteiger partial charge in [-0.1, -0.05) is 19.3 Å². The van der Waals surface area contributed by atoms with Gasteiger partial charge in [-0.25, -0.2) is 4.98 Å². The van der Waals surface area contributed by atoms with Crippen LogP contribution in [0.5, 0.6) is 0 Å². The average molecular weight is 276 g/mol. The summed E-state index contributed by atoms with van der Waals surface area (Å²) < 4.78 is 43.1. The number of rotatable bonds is 6. The van der Waals surface area contributed by atoms with Gasteiger partial charge in [0.25, 0.3) is 6.47 Å². The zero-order valence-corrected chi connectivity index (χ0v) is 10.2. The largest absolute Gasteiger partial charge is 0.467 e. The van der Waals surface area contributed by atoms with Gasteiger partial charge in [-0.15, -0.1) is 0 Å². The molecule has 4 nitrogen and oxygen atoms in total. The van der Waals surface area contributed by atoms with Crippen molar-refractivity contribution in [2.24, 2.45) is 5.92 Å². The summed E-state index contributed by atoms with van der Waals surface area (Å²) in [7, 11) is 0. The summed E-state index contributed by atoms with van der Waals surface area (Å²) in [6.45, 7) is 0.211. The number of aromatic amines is 1. The minimum Gasteiger partial charge on any atom is -0.467 e. The Labute approximate surface area is 108 Å². The normalized spacial score (nSPS) is 17.8. The van der Waals surface area contributed by atoms with Crippen molar-refractivity contribution in [2.45, 2.75) is 37.8 Å². The molecule has 0 aliphatic heterocycles. The van der Waals surface area contributed by atoms with E-state index in [1.807, 2.05) is 0 Å². The van der Waals surface area contributed by atoms with Crippen molar-refractivity contribution in [3.8, 4) is 0 Å². The van der Waals surface area contributed by atoms with Crippen LogP contribution in [0.15, 0.2) is 6.33 Å². The standard InChI is InChI=1S/C12H15F3N2O2/c13-12(14,15)11-10(16-6-17-11)9(5-19-7-18)4-8-2-1-3-8/h6-9H,1-5H2,(H,16,17). The van der Waals surface area contributed by atoms with E-state index >= 15 is 0 Å². The average Bonchev–Trinajstić information content (AvgIpc) is 2.75. The number of ether oxygens (including phenoxy) is 1. The fraction of sp³-hybridized carbons (Fsp3) is 0.667. The summed E-state index contributed by atoms with van der Waals surface area (Å²) in [6, 6.07) is 0. The Kier molecular flexibility index (Phi) is 4.11. The number of imidazole rings is 1. The fourth-order valence-corrected chi connectivity index (χ4v) is 2.40. The van der Waals surface area contributed by atoms with Gasteiger partial charge in [0.1, 0.15) is 0 Å². The molecule has 0 bridgehead atoms. The molecular weight excluding hydrogens is 261 g/mol. The van der Waals surface area contributed by atoms with Gasteiger partial charge in [0.15, 0.2) is 5.69 Å². The third-order valence-electron chi connectivity index (χ3n) is 3.55. The molecule has 1 unspecified atom stereocenters. The first-order chi connectivity index (χ1) is 9.02. The Hall–Kier alpha value is -1.53. The molecule has 1 N–H and O–H groups in total. The third kappa shape index (κ3) is 3.27. The fourth-order valence-electron chi connectivity index (χ4n) is 2.40. The van der Waals surface area contributed by atoms with Crippen LogP contribution in [0.25, 0.3) is 0 Å². The number of hydrogen-bond donors (Lipinski definition) is 1. The Balaban J connectivity index is 2.16. The molecule has 1 heterocycles. The van der Waals surface area contributed by atoms with E-state index in [0.29, 0.717) is 12.3 Å². The van der Waals surface area contributed by atoms with E-state index in [1.165, 1.54) is 0 Å². The Morgan fingerprint density at radius 2 is 2.26 bits per heavy atom. The zero-order valence-electron chi connectivity index (χ0n) is 10.2. The summed E-state index contributed by atoms with van der Waals surface area (Å²) in [5.74, 6) is -0.0701. The molecule has 0 saturated heterocycles. The van der Waals surface area contributed by atoms with Crippen molar-refractivity contribution in [3.05, 3.63) is 17.7 Å². The van der Waals surface area contributed by atoms with E-state index < -0.39 is 17.8 Å². The van der Waals surface area contributed by atoms with Gasteiger partial charge >= 0.3 is 6.18 Å². The van der Waals surface area contributed by atoms with E-state index in [1.54, 1.807) is 0 Å². The van der Waals surface area contributed by atoms with Gasteiger partial charge in [-0.05, 0) is 12.3 Å². The molecule has 1 aromatic heterocycles. The SMILES string of the molecule is O=COCC(CC1CCC1)c1[nH]cnc1C(F)(F)F. The van der Waals surface area contributed by atoms with Crippen molar-refractivity contribution in [3.63, 3.8) is 0 Å². The first-order valence-electron chi connectivity index (χ1n) is 6.18. The minimum absolute atomic E-state index is 0.0150. The Morgan fingerprint density at radius 3 is 2.79 bits per heavy atom. The second kappa shape index (κ2) is 5.63. The van der Waals surface area contributed by atoms with Crippen LogP contribution >= 0.6 is 0 Å². The number of carbonyl (C=O) groups excluding carboxylic acids is 1. The number of nitrogens with one attached hydrogen (secondary N) is 1. The summed E-state index contributed by atoms with van der Waals surface area (Å²) >= 11 is 0. The maximum absolute atomic E-state index is 12.8. The summed E-state index contributed by atoms with van der Waals surface area (Å²) in [4.78, 5) is 16.2. The first kappa shape index (κ1) is 13.9. The Bertz CT molecular complexity index is 427. The van der Waals surface area contributed by atoms with E-state index in [9.17, 15) is 18.0 Å². The molecule has 2 rings (SSSR count). The van der Waals surface area contributed by atoms with Crippen LogP contribution in [-0.4, -0.2) is 23.0 Å². The number of halogens is 3. The molecule has 1 atom stereocenters. The van der Waals surface area contributed by atoms with Crippen LogP contribution in [0, 0.1) is 5.92 Å². The third-order valence-corrected chi connectivity index (χ3v) is 3.55. The van der Waals surface area contributed by atoms with Crippen molar-refractivity contribution in [2.75, 3.05) is 6.61 Å². The van der Waals surface area contributed by atoms with Crippen molar-refractivity contribution < 1.29 is 22.7 Å². The predicted octanol–water partition coefficient (Wildman–Crippen LogP) is 2.88. The maximum Gasteiger partial charge on any atom is 0.435 e. The lowest BCUT2D eigenvalue weighted by Gasteiger charge is -2.29. The number of H-pyrrole nitrogens is 1. The molecule has 0 radical (unpaired) electrons. The molecule has 1 aromatic rings. The van der Waals surface area contributed by atoms with Gasteiger partial charge in [0, 0.05) is 5.92 Å². The molecule has 1 fully saturated rings. The molecule has 1 aliphatic rings. The quantitative estimate of drug-likeness (QED) is 0.813. The second-order valence-electron chi connectivity index (χ2n) is 4.82. The lowest BCUT2D eigenvalue weighted by atomic mass is 9.78. The van der Waals surface area contributed by atoms with E-state index in [2.05, 4.69) is 14.7 Å². The number of hydrogen-bond acceptors (Lipinski definition) is 3. The highest BCUT2D eigenvalue weighted by atomic mass is 19.4. The van der Waals surface area contributed by atoms with Crippen LogP contribution in [0.3, 0.4) is 0 Å². The number of nitrogens with zero attached hydrogens (tertiary/aromatic N) is 1. The molecule has 19 heavy (non-hydrogen) atoms. The lowest BCUT2D eigenvalue weighted by Crippen LogP contribution is -2.21. The molecule has 0 amide bonds. The molecule has 1 aliphatic carbocycles. The highest BCUT2D eigenvalue weighted by Crippen LogP contribution is 2.39. The molecule has 1 saturated carbocycles. The summed E-state index contributed by atoms with van der Waals surface area (Å²) in [6.07, 6.45) is 0.279. The molecule has 7 heteroatoms. The van der Waals surface area contributed by atoms with Crippen molar-refractivity contribution in [1.29, 1.82) is 0 Å². The van der Waals surface area contributed by atoms with Crippen molar-refractivity contribution >= 4 is 6.47 Å². The highest BCUT2D eigenvalue weighted by molar-refractivity contribution is 5.37. The molecule has 0 spiro atoms. The van der Waals surface area contributed by atoms with Gasteiger partial charge in [-0.2, -0.15) is 13.2 Å². The van der Waals surface area contributed by atoms with Crippen molar-refractivity contribution in [1.82, 2.24) is 9.97 Å². The van der Waals surface area contributed by atoms with Crippen LogP contribution < -0.4 is 0 Å². The number of carbonyl (C=O) groups is 1. The molecule has 106 valence electrons. The highest BCUT2D eigenvalue weighted by Gasteiger charge is 2.39. The monoisotopic (exact) mass is 276 g/mol. The lowest BCUT2D eigenvalue weighted by molar-refractivity contribution is -0.142. The topological polar surface area (TPSA) is 55.0 Å². The van der Waals surface area contributed by atoms with Gasteiger partial charge in [0.2, 0.25) is 0 Å². The van der Waals surface area contributed by atoms with Crippen LogP contribution in [0.1, 0.15) is 43.0 Å². The zero-order chi connectivity index (χ0) is 13.9. The van der Waals surface area contributed by atoms with Gasteiger partial charge in [-0.3, -0.25) is 4.79 Å². The second-order valence-corrected chi connectivity index (χ2v) is 4.82. The summed E-state index contributed by atoms with van der Waals surface area (Å²) in [5, 5.41) is 0. The molecular formula is C12H15F3N2O2. The minimum atomic E-state index is -4.49. The summed E-state index contributed by atoms with van der Waals surface area (Å²) in [5.41, 5.74) is -0.896. The van der Waals surface area contributed by atoms with E-state index in [-0.39, 0.29) is 18.8 Å². The predicted molar refractivity (Wildman–Crippen MR) is 60.3 cm³/mol. The van der Waals surface area contributed by atoms with E-state index in [0.717, 1.165) is 25.6 Å². The van der Waals surface area contributed by atoms with Crippen LogP contribution in [0.2, 0.25) is 0 Å². The van der Waals surface area contributed by atoms with Gasteiger partial charge in [0.05, 0.1) is 18.6 Å². The Morgan fingerprint density at radius 1 is 1.53 bits per heavy atom. The van der Waals surface area contributed by atoms with E-state index in [4.69, 9.17) is 0 Å². The van der Waals surface area contributed by atoms with Gasteiger partial charge < -0.3 is 9.72 Å².